The highest BCUT2D eigenvalue weighted by Crippen LogP contribution is 2.31. The number of pyridine rings is 1. The van der Waals surface area contributed by atoms with E-state index >= 15 is 0 Å². The Morgan fingerprint density at radius 3 is 3.00 bits per heavy atom. The van der Waals surface area contributed by atoms with E-state index in [0.717, 1.165) is 41.9 Å². The Kier molecular flexibility index (Phi) is 2.63. The molecule has 0 amide bonds. The Morgan fingerprint density at radius 2 is 2.17 bits per heavy atom. The second kappa shape index (κ2) is 4.29. The summed E-state index contributed by atoms with van der Waals surface area (Å²) in [5.41, 5.74) is 8.68. The summed E-state index contributed by atoms with van der Waals surface area (Å²) in [5.74, 6) is 1.04. The van der Waals surface area contributed by atoms with Crippen molar-refractivity contribution < 1.29 is 4.39 Å². The van der Waals surface area contributed by atoms with Crippen LogP contribution in [0.2, 0.25) is 0 Å². The molecule has 0 saturated heterocycles. The van der Waals surface area contributed by atoms with Gasteiger partial charge in [0.1, 0.15) is 17.5 Å². The van der Waals surface area contributed by atoms with E-state index in [1.165, 1.54) is 12.1 Å². The summed E-state index contributed by atoms with van der Waals surface area (Å²) >= 11 is 0. The highest BCUT2D eigenvalue weighted by Gasteiger charge is 2.14. The molecule has 4 heteroatoms. The van der Waals surface area contributed by atoms with Crippen molar-refractivity contribution >= 4 is 11.6 Å². The van der Waals surface area contributed by atoms with Gasteiger partial charge in [-0.25, -0.2) is 9.37 Å². The summed E-state index contributed by atoms with van der Waals surface area (Å²) in [7, 11) is 0. The molecule has 0 radical (unpaired) electrons. The van der Waals surface area contributed by atoms with Gasteiger partial charge in [-0.15, -0.1) is 0 Å². The van der Waals surface area contributed by atoms with Gasteiger partial charge in [0.25, 0.3) is 0 Å². The van der Waals surface area contributed by atoms with E-state index in [2.05, 4.69) is 10.3 Å². The molecule has 3 nitrogen and oxygen atoms in total. The zero-order valence-electron chi connectivity index (χ0n) is 9.91. The minimum Gasteiger partial charge on any atom is -0.383 e. The third-order valence-electron chi connectivity index (χ3n) is 3.18. The van der Waals surface area contributed by atoms with E-state index in [4.69, 9.17) is 5.73 Å². The molecule has 1 aromatic carbocycles. The van der Waals surface area contributed by atoms with Crippen LogP contribution in [0.4, 0.5) is 16.0 Å². The van der Waals surface area contributed by atoms with E-state index in [1.807, 2.05) is 12.1 Å². The van der Waals surface area contributed by atoms with Crippen LogP contribution in [-0.4, -0.2) is 11.5 Å². The molecule has 2 aromatic rings. The molecule has 1 aromatic heterocycles. The van der Waals surface area contributed by atoms with Gasteiger partial charge >= 0.3 is 0 Å². The highest BCUT2D eigenvalue weighted by atomic mass is 19.1. The van der Waals surface area contributed by atoms with Gasteiger partial charge in [0, 0.05) is 12.1 Å². The first-order chi connectivity index (χ1) is 8.74. The SMILES string of the molecule is Nc1nc2c(cc1-c1cccc(F)c1)CCCN2. The van der Waals surface area contributed by atoms with Gasteiger partial charge in [-0.2, -0.15) is 0 Å². The van der Waals surface area contributed by atoms with Crippen molar-refractivity contribution in [3.63, 3.8) is 0 Å². The van der Waals surface area contributed by atoms with Crippen LogP contribution >= 0.6 is 0 Å². The lowest BCUT2D eigenvalue weighted by Crippen LogP contribution is -2.14. The second-order valence-corrected chi connectivity index (χ2v) is 4.47. The maximum absolute atomic E-state index is 13.3. The molecule has 1 aliphatic rings. The second-order valence-electron chi connectivity index (χ2n) is 4.47. The Morgan fingerprint density at radius 1 is 1.28 bits per heavy atom. The summed E-state index contributed by atoms with van der Waals surface area (Å²) in [6, 6.07) is 8.45. The average molecular weight is 243 g/mol. The Labute approximate surface area is 105 Å². The third-order valence-corrected chi connectivity index (χ3v) is 3.18. The number of nitrogen functional groups attached to an aromatic ring is 1. The lowest BCUT2D eigenvalue weighted by Gasteiger charge is -2.19. The van der Waals surface area contributed by atoms with Crippen LogP contribution in [0.25, 0.3) is 11.1 Å². The monoisotopic (exact) mass is 243 g/mol. The first-order valence-electron chi connectivity index (χ1n) is 6.03. The molecule has 0 saturated carbocycles. The summed E-state index contributed by atoms with van der Waals surface area (Å²) in [6.45, 7) is 0.929. The first kappa shape index (κ1) is 11.0. The van der Waals surface area contributed by atoms with Crippen molar-refractivity contribution in [1.29, 1.82) is 0 Å². The molecule has 3 rings (SSSR count). The van der Waals surface area contributed by atoms with Gasteiger partial charge in [-0.3, -0.25) is 0 Å². The van der Waals surface area contributed by atoms with Gasteiger partial charge in [-0.1, -0.05) is 12.1 Å². The van der Waals surface area contributed by atoms with Crippen LogP contribution in [0.1, 0.15) is 12.0 Å². The van der Waals surface area contributed by atoms with E-state index in [-0.39, 0.29) is 5.82 Å². The van der Waals surface area contributed by atoms with E-state index in [9.17, 15) is 4.39 Å². The van der Waals surface area contributed by atoms with Crippen molar-refractivity contribution in [1.82, 2.24) is 4.98 Å². The third kappa shape index (κ3) is 1.90. The Bertz CT molecular complexity index is 596. The van der Waals surface area contributed by atoms with Crippen molar-refractivity contribution in [2.75, 3.05) is 17.6 Å². The number of rotatable bonds is 1. The van der Waals surface area contributed by atoms with E-state index in [1.54, 1.807) is 6.07 Å². The van der Waals surface area contributed by atoms with Crippen LogP contribution in [-0.2, 0) is 6.42 Å². The summed E-state index contributed by atoms with van der Waals surface area (Å²) in [4.78, 5) is 4.36. The van der Waals surface area contributed by atoms with Crippen LogP contribution in [0.3, 0.4) is 0 Å². The number of nitrogens with zero attached hydrogens (tertiary/aromatic N) is 1. The largest absolute Gasteiger partial charge is 0.383 e. The number of fused-ring (bicyclic) bond motifs is 1. The zero-order chi connectivity index (χ0) is 12.5. The number of aromatic nitrogens is 1. The maximum atomic E-state index is 13.3. The quantitative estimate of drug-likeness (QED) is 0.809. The van der Waals surface area contributed by atoms with Gasteiger partial charge < -0.3 is 11.1 Å². The molecule has 0 bridgehead atoms. The zero-order valence-corrected chi connectivity index (χ0v) is 9.91. The van der Waals surface area contributed by atoms with Gasteiger partial charge in [0.05, 0.1) is 0 Å². The highest BCUT2D eigenvalue weighted by molar-refractivity contribution is 5.76. The van der Waals surface area contributed by atoms with Crippen molar-refractivity contribution in [3.8, 4) is 11.1 Å². The molecule has 18 heavy (non-hydrogen) atoms. The minimum atomic E-state index is -0.261. The molecule has 0 spiro atoms. The molecular weight excluding hydrogens is 229 g/mol. The normalized spacial score (nSPS) is 13.8. The lowest BCUT2D eigenvalue weighted by atomic mass is 10.0. The maximum Gasteiger partial charge on any atom is 0.133 e. The van der Waals surface area contributed by atoms with Crippen LogP contribution in [0.15, 0.2) is 30.3 Å². The molecule has 1 aliphatic heterocycles. The standard InChI is InChI=1S/C14H14FN3/c15-11-5-1-3-9(7-11)12-8-10-4-2-6-17-14(10)18-13(12)16/h1,3,5,7-8H,2,4,6H2,(H3,16,17,18). The number of nitrogens with two attached hydrogens (primary N) is 1. The van der Waals surface area contributed by atoms with Gasteiger partial charge in [0.2, 0.25) is 0 Å². The number of benzene rings is 1. The predicted molar refractivity (Wildman–Crippen MR) is 70.9 cm³/mol. The Balaban J connectivity index is 2.12. The molecule has 2 heterocycles. The number of halogens is 1. The predicted octanol–water partition coefficient (Wildman–Crippen LogP) is 2.83. The number of hydrogen-bond acceptors (Lipinski definition) is 3. The fourth-order valence-electron chi connectivity index (χ4n) is 2.29. The first-order valence-corrected chi connectivity index (χ1v) is 6.03. The van der Waals surface area contributed by atoms with Crippen LogP contribution in [0.5, 0.6) is 0 Å². The van der Waals surface area contributed by atoms with Gasteiger partial charge in [0.15, 0.2) is 0 Å². The molecule has 3 N–H and O–H groups in total. The average Bonchev–Trinajstić information content (AvgIpc) is 2.38. The topological polar surface area (TPSA) is 50.9 Å². The minimum absolute atomic E-state index is 0.261. The molecule has 0 unspecified atom stereocenters. The number of hydrogen-bond donors (Lipinski definition) is 2. The molecule has 0 aliphatic carbocycles. The molecular formula is C14H14FN3. The van der Waals surface area contributed by atoms with Crippen molar-refractivity contribution in [3.05, 3.63) is 41.7 Å². The summed E-state index contributed by atoms with van der Waals surface area (Å²) in [5, 5.41) is 3.23. The van der Waals surface area contributed by atoms with E-state index < -0.39 is 0 Å². The lowest BCUT2D eigenvalue weighted by molar-refractivity contribution is 0.628. The van der Waals surface area contributed by atoms with Gasteiger partial charge in [-0.05, 0) is 42.2 Å². The van der Waals surface area contributed by atoms with Crippen molar-refractivity contribution in [2.45, 2.75) is 12.8 Å². The number of anilines is 2. The molecule has 0 fully saturated rings. The van der Waals surface area contributed by atoms with Crippen LogP contribution in [0, 0.1) is 5.82 Å². The fraction of sp³-hybridized carbons (Fsp3) is 0.214. The number of aryl methyl sites for hydroxylation is 1. The van der Waals surface area contributed by atoms with Crippen LogP contribution < -0.4 is 11.1 Å². The molecule has 92 valence electrons. The van der Waals surface area contributed by atoms with E-state index in [0.29, 0.717) is 5.82 Å². The smallest absolute Gasteiger partial charge is 0.133 e. The van der Waals surface area contributed by atoms with Crippen molar-refractivity contribution in [2.24, 2.45) is 0 Å². The number of nitrogens with one attached hydrogen (secondary N) is 1. The Hall–Kier alpha value is -2.10. The summed E-state index contributed by atoms with van der Waals surface area (Å²) in [6.07, 6.45) is 2.07. The fourth-order valence-corrected chi connectivity index (χ4v) is 2.29. The molecule has 0 atom stereocenters. The summed E-state index contributed by atoms with van der Waals surface area (Å²) < 4.78 is 13.3.